The average molecular weight is 1100 g/mol. The molecule has 19 nitrogen and oxygen atoms in total. The first kappa shape index (κ1) is 46.2. The van der Waals surface area contributed by atoms with Crippen LogP contribution >= 0.6 is 0 Å². The van der Waals surface area contributed by atoms with Gasteiger partial charge in [0.1, 0.15) is 22.6 Å². The molecule has 2 aliphatic rings. The van der Waals surface area contributed by atoms with Gasteiger partial charge in [0, 0.05) is 78.5 Å². The number of carbonyl (C=O) groups is 1. The minimum Gasteiger partial charge on any atom is -0.478 e. The molecule has 3 N–H and O–H groups in total. The molecule has 2 aliphatic heterocycles. The third-order valence-corrected chi connectivity index (χ3v) is 19.4. The zero-order valence-electron chi connectivity index (χ0n) is 40.4. The lowest BCUT2D eigenvalue weighted by Crippen LogP contribution is -2.11. The van der Waals surface area contributed by atoms with Crippen molar-refractivity contribution in [1.82, 2.24) is 51.8 Å². The number of hydrogen-bond donors (Lipinski definition) is 3. The fraction of sp³-hybridized carbons (Fsp3) is 0. The van der Waals surface area contributed by atoms with Gasteiger partial charge in [0.05, 0.1) is 36.8 Å². The minimum atomic E-state index is -4.24. The molecule has 0 spiro atoms. The van der Waals surface area contributed by atoms with Crippen LogP contribution in [0.4, 0.5) is 0 Å². The van der Waals surface area contributed by atoms with Gasteiger partial charge < -0.3 is 15.1 Å². The number of carboxylic acids is 1. The Hall–Kier alpha value is -10.2. The van der Waals surface area contributed by atoms with Crippen molar-refractivity contribution in [3.63, 3.8) is 0 Å². The number of aromatic nitrogens is 11. The lowest BCUT2D eigenvalue weighted by Gasteiger charge is -2.09. The molecule has 0 unspecified atom stereocenters. The molecule has 6 aromatic heterocycles. The van der Waals surface area contributed by atoms with Crippen molar-refractivity contribution in [3.05, 3.63) is 188 Å². The van der Waals surface area contributed by atoms with Crippen molar-refractivity contribution in [2.24, 2.45) is 0 Å². The molecule has 0 radical (unpaired) electrons. The van der Waals surface area contributed by atoms with E-state index in [9.17, 15) is 35.2 Å². The summed E-state index contributed by atoms with van der Waals surface area (Å²) in [4.78, 5) is 48.7. The van der Waals surface area contributed by atoms with Gasteiger partial charge in [0.25, 0.3) is 30.1 Å². The molecule has 13 aromatic rings. The van der Waals surface area contributed by atoms with Crippen molar-refractivity contribution in [2.75, 3.05) is 0 Å². The van der Waals surface area contributed by atoms with Gasteiger partial charge in [-0.15, -0.1) is 0 Å². The highest BCUT2D eigenvalue weighted by Crippen LogP contribution is 2.40. The summed E-state index contributed by atoms with van der Waals surface area (Å²) in [7, 11) is -12.7. The van der Waals surface area contributed by atoms with Crippen molar-refractivity contribution in [1.29, 1.82) is 0 Å². The average Bonchev–Trinajstić information content (AvgIpc) is 4.54. The van der Waals surface area contributed by atoms with E-state index in [1.807, 2.05) is 36.4 Å². The van der Waals surface area contributed by atoms with E-state index >= 15 is 0 Å². The normalized spacial score (nSPS) is 12.7. The molecule has 8 bridgehead atoms. The maximum Gasteiger partial charge on any atom is 0.335 e. The van der Waals surface area contributed by atoms with E-state index in [1.165, 1.54) is 79.0 Å². The molecule has 382 valence electrons. The predicted octanol–water partition coefficient (Wildman–Crippen LogP) is 10.1. The Bertz CT molecular complexity index is 5340. The molecule has 0 fully saturated rings. The van der Waals surface area contributed by atoms with Crippen LogP contribution in [0.2, 0.25) is 0 Å². The van der Waals surface area contributed by atoms with Gasteiger partial charge >= 0.3 is 5.97 Å². The van der Waals surface area contributed by atoms with E-state index in [0.717, 1.165) is 10.8 Å². The Morgan fingerprint density at radius 1 is 0.367 bits per heavy atom. The molecular weight excluding hydrogens is 1060 g/mol. The Labute approximate surface area is 445 Å². The van der Waals surface area contributed by atoms with Crippen LogP contribution in [0.15, 0.2) is 197 Å². The van der Waals surface area contributed by atoms with Crippen LogP contribution in [0.25, 0.3) is 122 Å². The Kier molecular flexibility index (Phi) is 9.60. The highest BCUT2D eigenvalue weighted by Gasteiger charge is 2.29. The number of carboxylic acid groups (broad SMARTS) is 1. The van der Waals surface area contributed by atoms with E-state index < -0.39 is 36.0 Å². The van der Waals surface area contributed by atoms with Crippen LogP contribution in [0.3, 0.4) is 0 Å². The molecule has 0 aliphatic carbocycles. The zero-order valence-corrected chi connectivity index (χ0v) is 42.8. The SMILES string of the molecule is O=C(O)c1ccc2c3nc4nc(nc5[nH]c(nc6nc(nc([nH]3)c2c1)-c1ccc(S(=O)(=O)n2ccc3ccccc32)cc1-6)c1ccc(S(=O)(=O)n2ccc3ccccc32)cc51)-c1ccc(S(=O)(=O)n2ccc3ccccc32)cc1-4. The van der Waals surface area contributed by atoms with Gasteiger partial charge in [-0.25, -0.2) is 71.9 Å². The van der Waals surface area contributed by atoms with Crippen LogP contribution < -0.4 is 0 Å². The van der Waals surface area contributed by atoms with E-state index in [4.69, 9.17) is 29.9 Å². The van der Waals surface area contributed by atoms with Crippen LogP contribution in [0.5, 0.6) is 0 Å². The van der Waals surface area contributed by atoms with Crippen molar-refractivity contribution in [3.8, 4) is 45.6 Å². The van der Waals surface area contributed by atoms with Gasteiger partial charge in [0.15, 0.2) is 23.3 Å². The molecule has 79 heavy (non-hydrogen) atoms. The van der Waals surface area contributed by atoms with Crippen molar-refractivity contribution >= 4 is 113 Å². The molecule has 0 saturated carbocycles. The number of rotatable bonds is 7. The number of fused-ring (bicyclic) bond motifs is 23. The highest BCUT2D eigenvalue weighted by molar-refractivity contribution is 7.90. The van der Waals surface area contributed by atoms with E-state index in [1.54, 1.807) is 78.9 Å². The minimum absolute atomic E-state index is 0.0239. The van der Waals surface area contributed by atoms with Gasteiger partial charge in [0.2, 0.25) is 0 Å². The summed E-state index contributed by atoms with van der Waals surface area (Å²) in [5.41, 5.74) is 3.21. The number of nitrogens with zero attached hydrogens (tertiary/aromatic N) is 9. The number of benzene rings is 7. The second kappa shape index (κ2) is 16.4. The summed E-state index contributed by atoms with van der Waals surface area (Å²) in [6, 6.07) is 44.3. The Morgan fingerprint density at radius 3 is 1.15 bits per heavy atom. The highest BCUT2D eigenvalue weighted by atomic mass is 32.2. The largest absolute Gasteiger partial charge is 0.478 e. The number of aromatic amines is 2. The number of H-pyrrole nitrogens is 2. The van der Waals surface area contributed by atoms with Gasteiger partial charge in [-0.2, -0.15) is 0 Å². The van der Waals surface area contributed by atoms with Crippen LogP contribution in [0.1, 0.15) is 10.4 Å². The maximum atomic E-state index is 14.6. The molecule has 8 heterocycles. The summed E-state index contributed by atoms with van der Waals surface area (Å²) in [6.07, 6.45) is 4.46. The third-order valence-electron chi connectivity index (χ3n) is 14.4. The standard InChI is InChI=1S/C57H33N11O8S3/c69-57(70)34-13-17-38-42(27-34)53-58-49(38)60-54-44-29-36(78(73,74)67-25-22-32-8-2-5-11-47(32)67)15-19-40(44)51(62-54)64-56-45-30-37(79(75,76)68-26-23-33-9-3-6-12-48(33)68)16-20-41(45)52(65-56)63-55-43-28-35(14-18-39(43)50(59-53)61-55)77(71,72)66-24-21-31-7-1-4-10-46(31)66/h1-30H,(H,69,70)(H2,58,59,60,61,62,63,64,65). The third kappa shape index (κ3) is 6.94. The van der Waals surface area contributed by atoms with Crippen LogP contribution in [-0.2, 0) is 30.1 Å². The first-order chi connectivity index (χ1) is 38.2. The van der Waals surface area contributed by atoms with Crippen molar-refractivity contribution < 1.29 is 35.2 Å². The topological polar surface area (TPSA) is 263 Å². The number of hydrogen-bond acceptors (Lipinski definition) is 13. The lowest BCUT2D eigenvalue weighted by molar-refractivity contribution is 0.0697. The molecular formula is C57H33N11O8S3. The van der Waals surface area contributed by atoms with Crippen LogP contribution in [0, 0.1) is 0 Å². The maximum absolute atomic E-state index is 14.6. The molecule has 15 rings (SSSR count). The summed E-state index contributed by atoms with van der Waals surface area (Å²) in [5.74, 6) is -1.01. The first-order valence-corrected chi connectivity index (χ1v) is 28.6. The van der Waals surface area contributed by atoms with E-state index in [2.05, 4.69) is 9.97 Å². The van der Waals surface area contributed by atoms with E-state index in [-0.39, 0.29) is 77.3 Å². The smallest absolute Gasteiger partial charge is 0.335 e. The summed E-state index contributed by atoms with van der Waals surface area (Å²) in [5, 5.41) is 13.8. The van der Waals surface area contributed by atoms with Crippen molar-refractivity contribution in [2.45, 2.75) is 14.7 Å². The summed E-state index contributed by atoms with van der Waals surface area (Å²) >= 11 is 0. The van der Waals surface area contributed by atoms with Crippen LogP contribution in [-0.4, -0.2) is 88.1 Å². The zero-order chi connectivity index (χ0) is 53.7. The predicted molar refractivity (Wildman–Crippen MR) is 297 cm³/mol. The fourth-order valence-electron chi connectivity index (χ4n) is 10.5. The number of aromatic carboxylic acids is 1. The van der Waals surface area contributed by atoms with Gasteiger partial charge in [-0.05, 0) is 109 Å². The van der Waals surface area contributed by atoms with Gasteiger partial charge in [-0.1, -0.05) is 54.6 Å². The molecule has 0 atom stereocenters. The first-order valence-electron chi connectivity index (χ1n) is 24.3. The monoisotopic (exact) mass is 1100 g/mol. The van der Waals surface area contributed by atoms with E-state index in [0.29, 0.717) is 54.6 Å². The second-order valence-corrected chi connectivity index (χ2v) is 24.3. The fourth-order valence-corrected chi connectivity index (χ4v) is 14.6. The second-order valence-electron chi connectivity index (χ2n) is 18.8. The molecule has 7 aromatic carbocycles. The summed E-state index contributed by atoms with van der Waals surface area (Å²) < 4.78 is 91.0. The quantitative estimate of drug-likeness (QED) is 0.134. The van der Waals surface area contributed by atoms with Gasteiger partial charge in [-0.3, -0.25) is 0 Å². The number of nitrogens with one attached hydrogen (secondary N) is 2. The Balaban J connectivity index is 1.02. The molecule has 22 heteroatoms. The molecule has 0 saturated heterocycles. The Morgan fingerprint density at radius 2 is 0.722 bits per heavy atom. The lowest BCUT2D eigenvalue weighted by atomic mass is 10.1. The molecule has 0 amide bonds. The summed E-state index contributed by atoms with van der Waals surface area (Å²) in [6.45, 7) is 0. The number of para-hydroxylation sites is 3.